The molecule has 1 atom stereocenters. The van der Waals surface area contributed by atoms with Crippen LogP contribution in [0.1, 0.15) is 49.4 Å². The minimum atomic E-state index is -0.127. The van der Waals surface area contributed by atoms with E-state index in [2.05, 4.69) is 16.0 Å². The second kappa shape index (κ2) is 10.1. The van der Waals surface area contributed by atoms with Crippen LogP contribution in [0, 0.1) is 0 Å². The van der Waals surface area contributed by atoms with Crippen LogP contribution in [0.25, 0.3) is 0 Å². The zero-order chi connectivity index (χ0) is 18.1. The molecule has 1 aliphatic heterocycles. The van der Waals surface area contributed by atoms with Gasteiger partial charge >= 0.3 is 0 Å². The molecule has 0 saturated carbocycles. The molecule has 0 spiro atoms. The van der Waals surface area contributed by atoms with Crippen LogP contribution in [0.3, 0.4) is 0 Å². The van der Waals surface area contributed by atoms with E-state index in [1.165, 1.54) is 0 Å². The fraction of sp³-hybridized carbons (Fsp3) is 0.500. The molecule has 1 saturated heterocycles. The highest BCUT2D eigenvalue weighted by atomic mass is 32.1. The topological polar surface area (TPSA) is 79.5 Å². The van der Waals surface area contributed by atoms with Gasteiger partial charge in [0.05, 0.1) is 6.10 Å². The van der Waals surface area contributed by atoms with Gasteiger partial charge in [-0.05, 0) is 55.7 Å². The van der Waals surface area contributed by atoms with Crippen LogP contribution in [-0.2, 0) is 9.53 Å². The van der Waals surface area contributed by atoms with Crippen molar-refractivity contribution in [3.8, 4) is 0 Å². The van der Waals surface area contributed by atoms with Crippen molar-refractivity contribution >= 4 is 34.8 Å². The summed E-state index contributed by atoms with van der Waals surface area (Å²) in [5, 5.41) is 8.72. The van der Waals surface area contributed by atoms with Crippen molar-refractivity contribution < 1.29 is 14.3 Å². The Morgan fingerprint density at radius 2 is 2.04 bits per heavy atom. The van der Waals surface area contributed by atoms with Gasteiger partial charge in [-0.15, -0.1) is 0 Å². The third-order valence-electron chi connectivity index (χ3n) is 3.93. The molecule has 0 aliphatic carbocycles. The number of hydrogen-bond acceptors (Lipinski definition) is 4. The number of thiocarbonyl (C=S) groups is 1. The fourth-order valence-corrected chi connectivity index (χ4v) is 2.74. The Balaban J connectivity index is 1.77. The van der Waals surface area contributed by atoms with E-state index in [0.29, 0.717) is 18.5 Å². The number of ether oxygens (including phenoxy) is 1. The summed E-state index contributed by atoms with van der Waals surface area (Å²) in [7, 11) is 0. The van der Waals surface area contributed by atoms with Crippen molar-refractivity contribution in [2.45, 2.75) is 45.1 Å². The van der Waals surface area contributed by atoms with Crippen molar-refractivity contribution in [2.24, 2.45) is 0 Å². The Morgan fingerprint density at radius 3 is 2.68 bits per heavy atom. The summed E-state index contributed by atoms with van der Waals surface area (Å²) in [5.41, 5.74) is 1.29. The molecule has 1 heterocycles. The number of nitrogens with one attached hydrogen (secondary N) is 3. The zero-order valence-electron chi connectivity index (χ0n) is 14.5. The van der Waals surface area contributed by atoms with Crippen LogP contribution in [-0.4, -0.2) is 36.2 Å². The molecule has 1 aromatic carbocycles. The average Bonchev–Trinajstić information content (AvgIpc) is 3.12. The molecule has 6 nitrogen and oxygen atoms in total. The maximum absolute atomic E-state index is 12.1. The molecule has 1 aromatic rings. The van der Waals surface area contributed by atoms with E-state index in [1.807, 2.05) is 6.92 Å². The smallest absolute Gasteiger partial charge is 0.251 e. The molecular formula is C18H25N3O3S. The second-order valence-electron chi connectivity index (χ2n) is 6.03. The van der Waals surface area contributed by atoms with Gasteiger partial charge in [0.2, 0.25) is 5.91 Å². The Hall–Kier alpha value is -1.99. The lowest BCUT2D eigenvalue weighted by molar-refractivity contribution is -0.119. The predicted molar refractivity (Wildman–Crippen MR) is 102 cm³/mol. The number of rotatable bonds is 7. The van der Waals surface area contributed by atoms with Crippen LogP contribution >= 0.6 is 12.2 Å². The summed E-state index contributed by atoms with van der Waals surface area (Å²) in [4.78, 5) is 23.7. The molecule has 7 heteroatoms. The van der Waals surface area contributed by atoms with Gasteiger partial charge in [0, 0.05) is 30.8 Å². The number of carbonyl (C=O) groups excluding carboxylic acids is 2. The Bertz CT molecular complexity index is 598. The molecule has 2 amide bonds. The number of anilines is 1. The highest BCUT2D eigenvalue weighted by Gasteiger charge is 2.16. The molecule has 0 bridgehead atoms. The van der Waals surface area contributed by atoms with Crippen LogP contribution in [0.2, 0.25) is 0 Å². The van der Waals surface area contributed by atoms with Gasteiger partial charge in [-0.3, -0.25) is 9.59 Å². The first-order valence-electron chi connectivity index (χ1n) is 8.69. The predicted octanol–water partition coefficient (Wildman–Crippen LogP) is 2.60. The molecule has 25 heavy (non-hydrogen) atoms. The number of carbonyl (C=O) groups is 2. The fourth-order valence-electron chi connectivity index (χ4n) is 2.51. The summed E-state index contributed by atoms with van der Waals surface area (Å²) < 4.78 is 5.48. The van der Waals surface area contributed by atoms with Gasteiger partial charge in [-0.2, -0.15) is 0 Å². The Kier molecular flexibility index (Phi) is 7.81. The first-order valence-corrected chi connectivity index (χ1v) is 9.10. The van der Waals surface area contributed by atoms with Crippen molar-refractivity contribution in [2.75, 3.05) is 18.5 Å². The van der Waals surface area contributed by atoms with Gasteiger partial charge in [0.15, 0.2) is 5.11 Å². The van der Waals surface area contributed by atoms with Gasteiger partial charge in [0.25, 0.3) is 5.91 Å². The highest BCUT2D eigenvalue weighted by Crippen LogP contribution is 2.12. The monoisotopic (exact) mass is 363 g/mol. The number of hydrogen-bond donors (Lipinski definition) is 3. The minimum Gasteiger partial charge on any atom is -0.376 e. The number of benzene rings is 1. The number of unbranched alkanes of at least 4 members (excludes halogenated alkanes) is 1. The summed E-state index contributed by atoms with van der Waals surface area (Å²) in [6.07, 6.45) is 4.43. The van der Waals surface area contributed by atoms with E-state index in [4.69, 9.17) is 17.0 Å². The first-order chi connectivity index (χ1) is 12.1. The quantitative estimate of drug-likeness (QED) is 0.649. The molecule has 0 aromatic heterocycles. The standard InChI is InChI=1S/C18H25N3O3S/c1-2-3-6-16(22)21-18(25)20-14-9-7-13(8-10-14)17(23)19-12-15-5-4-11-24-15/h7-10,15H,2-6,11-12H2,1H3,(H,19,23)(H2,20,21,22,25). The molecule has 1 aliphatic rings. The van der Waals surface area contributed by atoms with E-state index >= 15 is 0 Å². The third-order valence-corrected chi connectivity index (χ3v) is 4.13. The summed E-state index contributed by atoms with van der Waals surface area (Å²) >= 11 is 5.11. The van der Waals surface area contributed by atoms with E-state index < -0.39 is 0 Å². The first kappa shape index (κ1) is 19.3. The molecule has 3 N–H and O–H groups in total. The SMILES string of the molecule is CCCCC(=O)NC(=S)Nc1ccc(C(=O)NCC2CCCO2)cc1. The Morgan fingerprint density at radius 1 is 1.28 bits per heavy atom. The van der Waals surface area contributed by atoms with E-state index in [9.17, 15) is 9.59 Å². The minimum absolute atomic E-state index is 0.0931. The normalized spacial score (nSPS) is 16.3. The van der Waals surface area contributed by atoms with Gasteiger partial charge in [-0.1, -0.05) is 13.3 Å². The van der Waals surface area contributed by atoms with Gasteiger partial charge in [-0.25, -0.2) is 0 Å². The van der Waals surface area contributed by atoms with E-state index in [-0.39, 0.29) is 23.0 Å². The zero-order valence-corrected chi connectivity index (χ0v) is 15.3. The van der Waals surface area contributed by atoms with Gasteiger partial charge in [0.1, 0.15) is 0 Å². The molecule has 136 valence electrons. The summed E-state index contributed by atoms with van der Waals surface area (Å²) in [5.74, 6) is -0.220. The van der Waals surface area contributed by atoms with E-state index in [0.717, 1.165) is 38.0 Å². The van der Waals surface area contributed by atoms with Crippen molar-refractivity contribution in [3.05, 3.63) is 29.8 Å². The van der Waals surface area contributed by atoms with Crippen LogP contribution in [0.4, 0.5) is 5.69 Å². The molecule has 0 radical (unpaired) electrons. The summed E-state index contributed by atoms with van der Waals surface area (Å²) in [6, 6.07) is 6.94. The highest BCUT2D eigenvalue weighted by molar-refractivity contribution is 7.80. The second-order valence-corrected chi connectivity index (χ2v) is 6.44. The van der Waals surface area contributed by atoms with Crippen molar-refractivity contribution in [1.29, 1.82) is 0 Å². The van der Waals surface area contributed by atoms with Crippen molar-refractivity contribution in [3.63, 3.8) is 0 Å². The third kappa shape index (κ3) is 6.80. The van der Waals surface area contributed by atoms with Gasteiger partial charge < -0.3 is 20.7 Å². The lowest BCUT2D eigenvalue weighted by Crippen LogP contribution is -2.34. The van der Waals surface area contributed by atoms with E-state index in [1.54, 1.807) is 24.3 Å². The van der Waals surface area contributed by atoms with Crippen LogP contribution in [0.15, 0.2) is 24.3 Å². The lowest BCUT2D eigenvalue weighted by Gasteiger charge is -2.12. The molecular weight excluding hydrogens is 338 g/mol. The lowest BCUT2D eigenvalue weighted by atomic mass is 10.2. The average molecular weight is 363 g/mol. The Labute approximate surface area is 153 Å². The van der Waals surface area contributed by atoms with Crippen LogP contribution in [0.5, 0.6) is 0 Å². The maximum Gasteiger partial charge on any atom is 0.251 e. The summed E-state index contributed by atoms with van der Waals surface area (Å²) in [6.45, 7) is 3.34. The molecule has 2 rings (SSSR count). The number of amides is 2. The molecule has 1 unspecified atom stereocenters. The van der Waals surface area contributed by atoms with Crippen LogP contribution < -0.4 is 16.0 Å². The van der Waals surface area contributed by atoms with Crippen molar-refractivity contribution in [1.82, 2.24) is 10.6 Å². The maximum atomic E-state index is 12.1. The largest absolute Gasteiger partial charge is 0.376 e. The molecule has 1 fully saturated rings.